The van der Waals surface area contributed by atoms with E-state index in [2.05, 4.69) is 9.97 Å². The van der Waals surface area contributed by atoms with Crippen LogP contribution in [0.5, 0.6) is 11.6 Å². The topological polar surface area (TPSA) is 90.8 Å². The number of rotatable bonds is 5. The number of aryl methyl sites for hydroxylation is 1. The molecule has 24 heavy (non-hydrogen) atoms. The predicted molar refractivity (Wildman–Crippen MR) is 86.0 cm³/mol. The van der Waals surface area contributed by atoms with Crippen LogP contribution < -0.4 is 10.2 Å². The molecule has 0 bridgehead atoms. The molecule has 124 valence electrons. The number of benzene rings is 1. The summed E-state index contributed by atoms with van der Waals surface area (Å²) in [6, 6.07) is 3.50. The lowest BCUT2D eigenvalue weighted by molar-refractivity contribution is -0.145. The Kier molecular flexibility index (Phi) is 4.77. The largest absolute Gasteiger partial charge is 0.492 e. The van der Waals surface area contributed by atoms with Crippen molar-refractivity contribution in [2.24, 2.45) is 0 Å². The second-order valence-corrected chi connectivity index (χ2v) is 5.38. The molecular weight excluding hydrogens is 311 g/mol. The van der Waals surface area contributed by atoms with Crippen molar-refractivity contribution < 1.29 is 23.9 Å². The standard InChI is InChI=1S/C16H17BN2O5/c1-3-22-15(20)8-13-16-10(2)6-11(7-12(16)17(21)24-13)23-14-9-18-4-5-19-14/h4-7,9,13,21H,3,8H2,1-2H3/t13-/m1/s1. The minimum Gasteiger partial charge on any atom is -0.466 e. The first-order valence-electron chi connectivity index (χ1n) is 7.66. The lowest BCUT2D eigenvalue weighted by atomic mass is 9.77. The van der Waals surface area contributed by atoms with Gasteiger partial charge in [-0.15, -0.1) is 0 Å². The van der Waals surface area contributed by atoms with E-state index in [1.807, 2.05) is 13.0 Å². The highest BCUT2D eigenvalue weighted by molar-refractivity contribution is 6.62. The summed E-state index contributed by atoms with van der Waals surface area (Å²) in [7, 11) is -1.11. The summed E-state index contributed by atoms with van der Waals surface area (Å²) in [5.41, 5.74) is 2.24. The third-order valence-corrected chi connectivity index (χ3v) is 3.69. The third-order valence-electron chi connectivity index (χ3n) is 3.69. The molecule has 1 atom stereocenters. The van der Waals surface area contributed by atoms with Gasteiger partial charge < -0.3 is 19.2 Å². The van der Waals surface area contributed by atoms with E-state index in [-0.39, 0.29) is 12.4 Å². The Bertz CT molecular complexity index is 741. The van der Waals surface area contributed by atoms with Crippen LogP contribution in [0.1, 0.15) is 30.6 Å². The first kappa shape index (κ1) is 16.4. The van der Waals surface area contributed by atoms with E-state index >= 15 is 0 Å². The molecule has 0 fully saturated rings. The molecule has 0 aliphatic carbocycles. The zero-order valence-electron chi connectivity index (χ0n) is 13.4. The van der Waals surface area contributed by atoms with Crippen molar-refractivity contribution in [3.8, 4) is 11.6 Å². The lowest BCUT2D eigenvalue weighted by Gasteiger charge is -2.14. The van der Waals surface area contributed by atoms with Crippen LogP contribution in [0, 0.1) is 6.92 Å². The number of fused-ring (bicyclic) bond motifs is 1. The summed E-state index contributed by atoms with van der Waals surface area (Å²) in [4.78, 5) is 19.7. The fourth-order valence-corrected chi connectivity index (χ4v) is 2.77. The molecule has 2 aromatic rings. The number of carbonyl (C=O) groups is 1. The van der Waals surface area contributed by atoms with E-state index in [1.165, 1.54) is 12.4 Å². The number of nitrogens with zero attached hydrogens (tertiary/aromatic N) is 2. The highest BCUT2D eigenvalue weighted by Gasteiger charge is 2.38. The molecule has 0 radical (unpaired) electrons. The van der Waals surface area contributed by atoms with Crippen molar-refractivity contribution >= 4 is 18.6 Å². The van der Waals surface area contributed by atoms with Gasteiger partial charge in [0.15, 0.2) is 0 Å². The van der Waals surface area contributed by atoms with Crippen LogP contribution in [0.25, 0.3) is 0 Å². The average molecular weight is 328 g/mol. The zero-order valence-corrected chi connectivity index (χ0v) is 13.4. The SMILES string of the molecule is CCOC(=O)C[C@H]1OB(O)c2cc(Oc3cnccn3)cc(C)c21. The Morgan fingerprint density at radius 3 is 2.96 bits per heavy atom. The molecule has 1 aliphatic rings. The first-order valence-corrected chi connectivity index (χ1v) is 7.66. The van der Waals surface area contributed by atoms with Crippen molar-refractivity contribution in [2.45, 2.75) is 26.4 Å². The van der Waals surface area contributed by atoms with Crippen molar-refractivity contribution in [1.82, 2.24) is 9.97 Å². The van der Waals surface area contributed by atoms with Crippen LogP contribution in [0.2, 0.25) is 0 Å². The molecule has 1 aliphatic heterocycles. The Hall–Kier alpha value is -2.45. The smallest absolute Gasteiger partial charge is 0.466 e. The van der Waals surface area contributed by atoms with Crippen molar-refractivity contribution in [2.75, 3.05) is 6.61 Å². The third kappa shape index (κ3) is 3.39. The lowest BCUT2D eigenvalue weighted by Crippen LogP contribution is -2.28. The molecule has 0 spiro atoms. The van der Waals surface area contributed by atoms with E-state index in [1.54, 1.807) is 19.2 Å². The summed E-state index contributed by atoms with van der Waals surface area (Å²) in [6.07, 6.45) is 4.11. The number of ether oxygens (including phenoxy) is 2. The number of hydrogen-bond acceptors (Lipinski definition) is 7. The Balaban J connectivity index is 1.85. The van der Waals surface area contributed by atoms with E-state index in [4.69, 9.17) is 14.1 Å². The average Bonchev–Trinajstić information content (AvgIpc) is 2.85. The van der Waals surface area contributed by atoms with Gasteiger partial charge >= 0.3 is 13.1 Å². The molecule has 1 aromatic carbocycles. The quantitative estimate of drug-likeness (QED) is 0.653. The molecule has 2 heterocycles. The summed E-state index contributed by atoms with van der Waals surface area (Å²) in [5, 5.41) is 10.2. The van der Waals surface area contributed by atoms with Gasteiger partial charge in [0.2, 0.25) is 5.88 Å². The Morgan fingerprint density at radius 1 is 1.42 bits per heavy atom. The maximum atomic E-state index is 11.7. The Morgan fingerprint density at radius 2 is 2.25 bits per heavy atom. The number of carbonyl (C=O) groups excluding carboxylic acids is 1. The first-order chi connectivity index (χ1) is 11.6. The summed E-state index contributed by atoms with van der Waals surface area (Å²) in [5.74, 6) is 0.515. The van der Waals surface area contributed by atoms with E-state index in [0.29, 0.717) is 23.7 Å². The summed E-state index contributed by atoms with van der Waals surface area (Å²) in [6.45, 7) is 3.93. The van der Waals surface area contributed by atoms with Crippen LogP contribution in [0.4, 0.5) is 0 Å². The van der Waals surface area contributed by atoms with Gasteiger partial charge in [0.1, 0.15) is 5.75 Å². The molecule has 3 rings (SSSR count). The van der Waals surface area contributed by atoms with Gasteiger partial charge in [-0.2, -0.15) is 0 Å². The highest BCUT2D eigenvalue weighted by atomic mass is 16.5. The number of hydrogen-bond donors (Lipinski definition) is 1. The maximum absolute atomic E-state index is 11.7. The molecule has 8 heteroatoms. The normalized spacial score (nSPS) is 16.0. The van der Waals surface area contributed by atoms with Crippen molar-refractivity contribution in [3.63, 3.8) is 0 Å². The van der Waals surface area contributed by atoms with Gasteiger partial charge in [-0.3, -0.25) is 9.78 Å². The number of aromatic nitrogens is 2. The number of esters is 1. The molecule has 7 nitrogen and oxygen atoms in total. The molecule has 1 N–H and O–H groups in total. The minimum atomic E-state index is -1.11. The molecule has 0 saturated carbocycles. The fraction of sp³-hybridized carbons (Fsp3) is 0.312. The van der Waals surface area contributed by atoms with E-state index < -0.39 is 13.2 Å². The zero-order chi connectivity index (χ0) is 17.1. The van der Waals surface area contributed by atoms with Crippen molar-refractivity contribution in [1.29, 1.82) is 0 Å². The Labute approximate surface area is 139 Å². The second-order valence-electron chi connectivity index (χ2n) is 5.38. The van der Waals surface area contributed by atoms with Gasteiger partial charge in [0, 0.05) is 12.4 Å². The van der Waals surface area contributed by atoms with Crippen LogP contribution in [0.3, 0.4) is 0 Å². The van der Waals surface area contributed by atoms with Crippen LogP contribution in [-0.4, -0.2) is 34.7 Å². The molecule has 0 amide bonds. The summed E-state index contributed by atoms with van der Waals surface area (Å²) < 4.78 is 16.1. The molecular formula is C16H17BN2O5. The monoisotopic (exact) mass is 328 g/mol. The van der Waals surface area contributed by atoms with Crippen LogP contribution in [0.15, 0.2) is 30.7 Å². The second kappa shape index (κ2) is 6.98. The van der Waals surface area contributed by atoms with E-state index in [9.17, 15) is 9.82 Å². The fourth-order valence-electron chi connectivity index (χ4n) is 2.77. The predicted octanol–water partition coefficient (Wildman–Crippen LogP) is 1.29. The maximum Gasteiger partial charge on any atom is 0.492 e. The highest BCUT2D eigenvalue weighted by Crippen LogP contribution is 2.32. The van der Waals surface area contributed by atoms with Crippen molar-refractivity contribution in [3.05, 3.63) is 41.9 Å². The van der Waals surface area contributed by atoms with Gasteiger partial charge in [0.25, 0.3) is 0 Å². The minimum absolute atomic E-state index is 0.0586. The van der Waals surface area contributed by atoms with Gasteiger partial charge in [-0.25, -0.2) is 4.98 Å². The van der Waals surface area contributed by atoms with E-state index in [0.717, 1.165) is 11.1 Å². The molecule has 0 unspecified atom stereocenters. The van der Waals surface area contributed by atoms with Gasteiger partial charge in [-0.1, -0.05) is 0 Å². The van der Waals surface area contributed by atoms with Crippen LogP contribution in [-0.2, 0) is 14.2 Å². The molecule has 1 aromatic heterocycles. The summed E-state index contributed by atoms with van der Waals surface area (Å²) >= 11 is 0. The van der Waals surface area contributed by atoms with Crippen LogP contribution >= 0.6 is 0 Å². The van der Waals surface area contributed by atoms with Gasteiger partial charge in [0.05, 0.1) is 25.3 Å². The molecule has 0 saturated heterocycles. The van der Waals surface area contributed by atoms with Gasteiger partial charge in [-0.05, 0) is 42.6 Å².